The Labute approximate surface area is 195 Å². The molecule has 0 aromatic heterocycles. The summed E-state index contributed by atoms with van der Waals surface area (Å²) in [6.07, 6.45) is 2.19. The van der Waals surface area contributed by atoms with Gasteiger partial charge in [-0.05, 0) is 54.2 Å². The lowest BCUT2D eigenvalue weighted by molar-refractivity contribution is -0.137. The fraction of sp³-hybridized carbons (Fsp3) is 0.640. The number of urea groups is 1. The summed E-state index contributed by atoms with van der Waals surface area (Å²) in [5, 5.41) is 5.94. The Morgan fingerprint density at radius 2 is 1.88 bits per heavy atom. The van der Waals surface area contributed by atoms with Crippen molar-refractivity contribution < 1.29 is 23.9 Å². The molecule has 1 saturated carbocycles. The molecule has 0 bridgehead atoms. The van der Waals surface area contributed by atoms with Crippen molar-refractivity contribution in [3.05, 3.63) is 23.8 Å². The van der Waals surface area contributed by atoms with Crippen LogP contribution in [-0.2, 0) is 9.59 Å². The van der Waals surface area contributed by atoms with Gasteiger partial charge in [-0.2, -0.15) is 0 Å². The minimum absolute atomic E-state index is 0.0557. The zero-order valence-electron chi connectivity index (χ0n) is 20.2. The normalized spacial score (nSPS) is 27.0. The number of hydrogen-bond acceptors (Lipinski definition) is 5. The van der Waals surface area contributed by atoms with Gasteiger partial charge >= 0.3 is 6.03 Å². The minimum atomic E-state index is -0.911. The van der Waals surface area contributed by atoms with Crippen LogP contribution < -0.4 is 20.1 Å². The molecule has 1 aromatic rings. The number of fused-ring (bicyclic) bond motifs is 1. The fourth-order valence-electron chi connectivity index (χ4n) is 5.90. The van der Waals surface area contributed by atoms with Gasteiger partial charge in [-0.25, -0.2) is 4.79 Å². The number of rotatable bonds is 5. The standard InChI is InChI=1S/C25H35N3O5/c1-15(2)21(17-6-7-18-19(10-17)33-9-8-32-18)26-20(29)13-28-22(30)25(27-23(28)31)12-16(3)11-24(4,5)14-25/h6-7,10,15-16,21H,8-9,11-14H2,1-5H3,(H,26,29)(H,27,31). The maximum absolute atomic E-state index is 13.3. The van der Waals surface area contributed by atoms with E-state index in [9.17, 15) is 14.4 Å². The zero-order chi connectivity index (χ0) is 24.0. The van der Waals surface area contributed by atoms with E-state index in [0.717, 1.165) is 16.9 Å². The van der Waals surface area contributed by atoms with Crippen LogP contribution in [0.4, 0.5) is 4.79 Å². The summed E-state index contributed by atoms with van der Waals surface area (Å²) in [7, 11) is 0. The number of carbonyl (C=O) groups excluding carboxylic acids is 3. The first kappa shape index (κ1) is 23.4. The van der Waals surface area contributed by atoms with Crippen LogP contribution in [0.2, 0.25) is 0 Å². The van der Waals surface area contributed by atoms with Crippen molar-refractivity contribution in [1.82, 2.24) is 15.5 Å². The third kappa shape index (κ3) is 4.66. The molecule has 1 aliphatic carbocycles. The van der Waals surface area contributed by atoms with E-state index in [4.69, 9.17) is 9.47 Å². The minimum Gasteiger partial charge on any atom is -0.486 e. The summed E-state index contributed by atoms with van der Waals surface area (Å²) in [6, 6.07) is 4.86. The third-order valence-electron chi connectivity index (χ3n) is 6.83. The van der Waals surface area contributed by atoms with E-state index in [1.54, 1.807) is 0 Å². The molecule has 180 valence electrons. The maximum Gasteiger partial charge on any atom is 0.325 e. The molecule has 3 aliphatic rings. The summed E-state index contributed by atoms with van der Waals surface area (Å²) in [6.45, 7) is 11.1. The van der Waals surface area contributed by atoms with E-state index in [1.807, 2.05) is 32.0 Å². The van der Waals surface area contributed by atoms with Crippen LogP contribution in [0.5, 0.6) is 11.5 Å². The Balaban J connectivity index is 1.47. The lowest BCUT2D eigenvalue weighted by Crippen LogP contribution is -2.54. The van der Waals surface area contributed by atoms with E-state index in [0.29, 0.717) is 43.5 Å². The summed E-state index contributed by atoms with van der Waals surface area (Å²) < 4.78 is 11.3. The van der Waals surface area contributed by atoms with Crippen molar-refractivity contribution >= 4 is 17.8 Å². The first-order valence-electron chi connectivity index (χ1n) is 11.8. The monoisotopic (exact) mass is 457 g/mol. The number of ether oxygens (including phenoxy) is 2. The first-order chi connectivity index (χ1) is 15.5. The SMILES string of the molecule is CC1CC(C)(C)CC2(C1)NC(=O)N(CC(=O)NC(c1ccc3c(c1)OCCO3)C(C)C)C2=O. The molecule has 0 radical (unpaired) electrons. The predicted molar refractivity (Wildman–Crippen MR) is 123 cm³/mol. The first-order valence-corrected chi connectivity index (χ1v) is 11.8. The zero-order valence-corrected chi connectivity index (χ0v) is 20.2. The number of amides is 4. The number of nitrogens with zero attached hydrogens (tertiary/aromatic N) is 1. The quantitative estimate of drug-likeness (QED) is 0.661. The predicted octanol–water partition coefficient (Wildman–Crippen LogP) is 3.41. The van der Waals surface area contributed by atoms with Crippen LogP contribution >= 0.6 is 0 Å². The van der Waals surface area contributed by atoms with Gasteiger partial charge in [0.1, 0.15) is 25.3 Å². The van der Waals surface area contributed by atoms with Gasteiger partial charge in [0, 0.05) is 0 Å². The average Bonchev–Trinajstić information content (AvgIpc) is 2.93. The van der Waals surface area contributed by atoms with Gasteiger partial charge in [-0.1, -0.05) is 40.7 Å². The summed E-state index contributed by atoms with van der Waals surface area (Å²) in [4.78, 5) is 40.2. The average molecular weight is 458 g/mol. The Bertz CT molecular complexity index is 959. The van der Waals surface area contributed by atoms with Gasteiger partial charge in [0.05, 0.1) is 6.04 Å². The molecule has 8 nitrogen and oxygen atoms in total. The Morgan fingerprint density at radius 3 is 2.55 bits per heavy atom. The van der Waals surface area contributed by atoms with Gasteiger partial charge in [0.25, 0.3) is 5.91 Å². The van der Waals surface area contributed by atoms with E-state index in [1.165, 1.54) is 0 Å². The molecule has 2 heterocycles. The van der Waals surface area contributed by atoms with E-state index >= 15 is 0 Å². The molecule has 4 amide bonds. The molecule has 1 aromatic carbocycles. The Hall–Kier alpha value is -2.77. The molecule has 4 rings (SSSR count). The van der Waals surface area contributed by atoms with Crippen LogP contribution in [0.3, 0.4) is 0 Å². The number of nitrogens with one attached hydrogen (secondary N) is 2. The van der Waals surface area contributed by atoms with Crippen molar-refractivity contribution in [2.45, 2.75) is 65.5 Å². The van der Waals surface area contributed by atoms with E-state index in [2.05, 4.69) is 31.4 Å². The van der Waals surface area contributed by atoms with Gasteiger partial charge in [-0.15, -0.1) is 0 Å². The second kappa shape index (κ2) is 8.54. The lowest BCUT2D eigenvalue weighted by atomic mass is 9.64. The van der Waals surface area contributed by atoms with Crippen molar-refractivity contribution in [1.29, 1.82) is 0 Å². The molecular formula is C25H35N3O5. The lowest BCUT2D eigenvalue weighted by Gasteiger charge is -2.43. The molecular weight excluding hydrogens is 422 g/mol. The van der Waals surface area contributed by atoms with Crippen LogP contribution in [0, 0.1) is 17.3 Å². The van der Waals surface area contributed by atoms with E-state index < -0.39 is 11.6 Å². The molecule has 1 saturated heterocycles. The van der Waals surface area contributed by atoms with Gasteiger partial charge in [-0.3, -0.25) is 14.5 Å². The largest absolute Gasteiger partial charge is 0.486 e. The number of imide groups is 1. The van der Waals surface area contributed by atoms with Gasteiger partial charge in [0.15, 0.2) is 11.5 Å². The van der Waals surface area contributed by atoms with Crippen molar-refractivity contribution in [2.24, 2.45) is 17.3 Å². The van der Waals surface area contributed by atoms with Crippen LogP contribution in [0.15, 0.2) is 18.2 Å². The molecule has 2 N–H and O–H groups in total. The molecule has 3 atom stereocenters. The number of carbonyl (C=O) groups is 3. The highest BCUT2D eigenvalue weighted by Gasteiger charge is 2.56. The van der Waals surface area contributed by atoms with Crippen LogP contribution in [-0.4, -0.2) is 48.0 Å². The Morgan fingerprint density at radius 1 is 1.18 bits per heavy atom. The smallest absolute Gasteiger partial charge is 0.325 e. The summed E-state index contributed by atoms with van der Waals surface area (Å²) >= 11 is 0. The van der Waals surface area contributed by atoms with Crippen LogP contribution in [0.1, 0.15) is 65.5 Å². The van der Waals surface area contributed by atoms with Crippen molar-refractivity contribution in [2.75, 3.05) is 19.8 Å². The van der Waals surface area contributed by atoms with Crippen LogP contribution in [0.25, 0.3) is 0 Å². The highest BCUT2D eigenvalue weighted by Crippen LogP contribution is 2.46. The highest BCUT2D eigenvalue weighted by molar-refractivity contribution is 6.09. The number of benzene rings is 1. The summed E-state index contributed by atoms with van der Waals surface area (Å²) in [5.41, 5.74) is -0.0785. The van der Waals surface area contributed by atoms with Gasteiger partial charge in [0.2, 0.25) is 5.91 Å². The molecule has 2 aliphatic heterocycles. The summed E-state index contributed by atoms with van der Waals surface area (Å²) in [5.74, 6) is 1.09. The van der Waals surface area contributed by atoms with Gasteiger partial charge < -0.3 is 20.1 Å². The van der Waals surface area contributed by atoms with E-state index in [-0.39, 0.29) is 35.7 Å². The topological polar surface area (TPSA) is 97.0 Å². The number of hydrogen-bond donors (Lipinski definition) is 2. The highest BCUT2D eigenvalue weighted by atomic mass is 16.6. The molecule has 8 heteroatoms. The molecule has 1 spiro atoms. The fourth-order valence-corrected chi connectivity index (χ4v) is 5.90. The Kier molecular flexibility index (Phi) is 6.05. The van der Waals surface area contributed by atoms with Crippen molar-refractivity contribution in [3.8, 4) is 11.5 Å². The molecule has 2 fully saturated rings. The molecule has 33 heavy (non-hydrogen) atoms. The second-order valence-corrected chi connectivity index (χ2v) is 11.0. The molecule has 3 unspecified atom stereocenters. The second-order valence-electron chi connectivity index (χ2n) is 11.0. The third-order valence-corrected chi connectivity index (χ3v) is 6.83. The van der Waals surface area contributed by atoms with Crippen molar-refractivity contribution in [3.63, 3.8) is 0 Å². The maximum atomic E-state index is 13.3.